The third kappa shape index (κ3) is 3.85. The van der Waals surface area contributed by atoms with Crippen LogP contribution >= 0.6 is 0 Å². The predicted octanol–water partition coefficient (Wildman–Crippen LogP) is 3.42. The highest BCUT2D eigenvalue weighted by Gasteiger charge is 2.31. The zero-order chi connectivity index (χ0) is 17.0. The number of carbonyl (C=O) groups excluding carboxylic acids is 1. The Morgan fingerprint density at radius 2 is 1.96 bits per heavy atom. The van der Waals surface area contributed by atoms with Gasteiger partial charge in [-0.1, -0.05) is 26.0 Å². The van der Waals surface area contributed by atoms with Crippen molar-refractivity contribution in [3.05, 3.63) is 29.3 Å². The van der Waals surface area contributed by atoms with Crippen molar-refractivity contribution in [1.82, 2.24) is 5.32 Å². The lowest BCUT2D eigenvalue weighted by atomic mass is 9.89. The van der Waals surface area contributed by atoms with E-state index < -0.39 is 5.54 Å². The molecule has 0 aromatic heterocycles. The summed E-state index contributed by atoms with van der Waals surface area (Å²) in [6.07, 6.45) is 4.62. The second-order valence-electron chi connectivity index (χ2n) is 6.97. The molecule has 1 aliphatic carbocycles. The minimum atomic E-state index is -0.844. The number of rotatable bonds is 5. The van der Waals surface area contributed by atoms with E-state index in [9.17, 15) is 10.1 Å². The Morgan fingerprint density at radius 1 is 1.26 bits per heavy atom. The summed E-state index contributed by atoms with van der Waals surface area (Å²) in [6, 6.07) is 8.10. The van der Waals surface area contributed by atoms with Gasteiger partial charge in [-0.25, -0.2) is 0 Å². The molecule has 2 unspecified atom stereocenters. The van der Waals surface area contributed by atoms with E-state index in [1.54, 1.807) is 6.92 Å². The summed E-state index contributed by atoms with van der Waals surface area (Å²) in [7, 11) is 0. The van der Waals surface area contributed by atoms with Crippen LogP contribution in [-0.4, -0.2) is 17.5 Å². The van der Waals surface area contributed by atoms with Crippen molar-refractivity contribution in [3.8, 4) is 6.07 Å². The molecule has 1 amide bonds. The number of hydrogen-bond acceptors (Lipinski definition) is 3. The first kappa shape index (κ1) is 17.3. The smallest absolute Gasteiger partial charge is 0.243 e. The fraction of sp³-hybridized carbons (Fsp3) is 0.579. The lowest BCUT2D eigenvalue weighted by Gasteiger charge is -2.29. The predicted molar refractivity (Wildman–Crippen MR) is 93.2 cm³/mol. The summed E-state index contributed by atoms with van der Waals surface area (Å²) in [5.41, 5.74) is 2.93. The number of hydrogen-bond donors (Lipinski definition) is 2. The second kappa shape index (κ2) is 7.04. The van der Waals surface area contributed by atoms with Crippen LogP contribution in [0.4, 0.5) is 5.69 Å². The molecular formula is C19H27N3O. The molecule has 4 heteroatoms. The summed E-state index contributed by atoms with van der Waals surface area (Å²) in [6.45, 7) is 7.49. The van der Waals surface area contributed by atoms with E-state index in [1.165, 1.54) is 24.0 Å². The summed E-state index contributed by atoms with van der Waals surface area (Å²) in [4.78, 5) is 12.5. The SMILES string of the molecule is CC(Nc1cccc2c1CCCC2)C(=O)NC(C)(C#N)C(C)C. The van der Waals surface area contributed by atoms with Crippen molar-refractivity contribution in [2.24, 2.45) is 5.92 Å². The summed E-state index contributed by atoms with van der Waals surface area (Å²) >= 11 is 0. The fourth-order valence-electron chi connectivity index (χ4n) is 2.88. The quantitative estimate of drug-likeness (QED) is 0.875. The maximum atomic E-state index is 12.5. The maximum Gasteiger partial charge on any atom is 0.243 e. The van der Waals surface area contributed by atoms with Crippen LogP contribution in [-0.2, 0) is 17.6 Å². The van der Waals surface area contributed by atoms with Gasteiger partial charge in [0.1, 0.15) is 11.6 Å². The van der Waals surface area contributed by atoms with E-state index in [2.05, 4.69) is 22.8 Å². The molecule has 124 valence electrons. The first-order valence-corrected chi connectivity index (χ1v) is 8.48. The molecule has 0 radical (unpaired) electrons. The lowest BCUT2D eigenvalue weighted by molar-refractivity contribution is -0.123. The molecule has 0 saturated carbocycles. The van der Waals surface area contributed by atoms with Crippen LogP contribution in [0, 0.1) is 17.2 Å². The van der Waals surface area contributed by atoms with Crippen LogP contribution in [0.5, 0.6) is 0 Å². The van der Waals surface area contributed by atoms with Crippen molar-refractivity contribution in [3.63, 3.8) is 0 Å². The highest BCUT2D eigenvalue weighted by molar-refractivity contribution is 5.85. The van der Waals surface area contributed by atoms with Crippen molar-refractivity contribution in [2.45, 2.75) is 65.0 Å². The van der Waals surface area contributed by atoms with Gasteiger partial charge in [0.15, 0.2) is 0 Å². The van der Waals surface area contributed by atoms with Gasteiger partial charge < -0.3 is 10.6 Å². The molecule has 0 saturated heterocycles. The van der Waals surface area contributed by atoms with Gasteiger partial charge in [0, 0.05) is 5.69 Å². The first-order chi connectivity index (χ1) is 10.9. The van der Waals surface area contributed by atoms with Crippen molar-refractivity contribution in [1.29, 1.82) is 5.26 Å². The molecule has 0 spiro atoms. The van der Waals surface area contributed by atoms with E-state index in [0.29, 0.717) is 0 Å². The number of anilines is 1. The second-order valence-corrected chi connectivity index (χ2v) is 6.97. The fourth-order valence-corrected chi connectivity index (χ4v) is 2.88. The molecular weight excluding hydrogens is 286 g/mol. The van der Waals surface area contributed by atoms with Crippen molar-refractivity contribution < 1.29 is 4.79 Å². The number of nitrogens with zero attached hydrogens (tertiary/aromatic N) is 1. The zero-order valence-corrected chi connectivity index (χ0v) is 14.6. The minimum Gasteiger partial charge on any atom is -0.374 e. The third-order valence-corrected chi connectivity index (χ3v) is 4.93. The molecule has 23 heavy (non-hydrogen) atoms. The van der Waals surface area contributed by atoms with Gasteiger partial charge in [-0.15, -0.1) is 0 Å². The Hall–Kier alpha value is -2.02. The highest BCUT2D eigenvalue weighted by Crippen LogP contribution is 2.28. The molecule has 0 bridgehead atoms. The van der Waals surface area contributed by atoms with Gasteiger partial charge in [0.05, 0.1) is 6.07 Å². The number of fused-ring (bicyclic) bond motifs is 1. The van der Waals surface area contributed by atoms with Crippen LogP contribution in [0.2, 0.25) is 0 Å². The van der Waals surface area contributed by atoms with Crippen molar-refractivity contribution >= 4 is 11.6 Å². The number of carbonyl (C=O) groups is 1. The number of aryl methyl sites for hydroxylation is 1. The average molecular weight is 313 g/mol. The number of amides is 1. The Kier molecular flexibility index (Phi) is 5.30. The molecule has 1 aromatic rings. The van der Waals surface area contributed by atoms with Crippen molar-refractivity contribution in [2.75, 3.05) is 5.32 Å². The minimum absolute atomic E-state index is 0.0492. The molecule has 1 aliphatic rings. The Morgan fingerprint density at radius 3 is 2.61 bits per heavy atom. The van der Waals surface area contributed by atoms with Crippen LogP contribution in [0.25, 0.3) is 0 Å². The number of benzene rings is 1. The standard InChI is InChI=1S/C19H27N3O/c1-13(2)19(4,12-20)22-18(23)14(3)21-17-11-7-9-15-8-5-6-10-16(15)17/h7,9,11,13-14,21H,5-6,8,10H2,1-4H3,(H,22,23). The van der Waals surface area contributed by atoms with Crippen LogP contribution < -0.4 is 10.6 Å². The van der Waals surface area contributed by atoms with Gasteiger partial charge in [0.25, 0.3) is 0 Å². The van der Waals surface area contributed by atoms with Crippen LogP contribution in [0.15, 0.2) is 18.2 Å². The van der Waals surface area contributed by atoms with Gasteiger partial charge in [0.2, 0.25) is 5.91 Å². The van der Waals surface area contributed by atoms with Crippen LogP contribution in [0.3, 0.4) is 0 Å². The van der Waals surface area contributed by atoms with Gasteiger partial charge in [-0.2, -0.15) is 5.26 Å². The molecule has 2 N–H and O–H groups in total. The molecule has 4 nitrogen and oxygen atoms in total. The lowest BCUT2D eigenvalue weighted by Crippen LogP contribution is -2.53. The topological polar surface area (TPSA) is 64.9 Å². The van der Waals surface area contributed by atoms with E-state index in [0.717, 1.165) is 18.5 Å². The zero-order valence-electron chi connectivity index (χ0n) is 14.6. The number of nitrogens with one attached hydrogen (secondary N) is 2. The molecule has 1 aromatic carbocycles. The highest BCUT2D eigenvalue weighted by atomic mass is 16.2. The van der Waals surface area contributed by atoms with E-state index in [-0.39, 0.29) is 17.9 Å². The van der Waals surface area contributed by atoms with Crippen LogP contribution in [0.1, 0.15) is 51.7 Å². The van der Waals surface area contributed by atoms with E-state index in [1.807, 2.05) is 32.9 Å². The number of nitriles is 1. The molecule has 0 aliphatic heterocycles. The molecule has 2 rings (SSSR count). The molecule has 0 fully saturated rings. The van der Waals surface area contributed by atoms with E-state index >= 15 is 0 Å². The Balaban J connectivity index is 2.09. The van der Waals surface area contributed by atoms with E-state index in [4.69, 9.17) is 0 Å². The summed E-state index contributed by atoms with van der Waals surface area (Å²) in [5.74, 6) is -0.0932. The Labute approximate surface area is 139 Å². The summed E-state index contributed by atoms with van der Waals surface area (Å²) in [5, 5.41) is 15.6. The molecule has 0 heterocycles. The van der Waals surface area contributed by atoms with Gasteiger partial charge in [-0.3, -0.25) is 4.79 Å². The Bertz CT molecular complexity index is 618. The van der Waals surface area contributed by atoms with Gasteiger partial charge in [-0.05, 0) is 62.6 Å². The normalized spacial score (nSPS) is 17.6. The first-order valence-electron chi connectivity index (χ1n) is 8.48. The third-order valence-electron chi connectivity index (χ3n) is 4.93. The molecule has 2 atom stereocenters. The monoisotopic (exact) mass is 313 g/mol. The van der Waals surface area contributed by atoms with Gasteiger partial charge >= 0.3 is 0 Å². The maximum absolute atomic E-state index is 12.5. The summed E-state index contributed by atoms with van der Waals surface area (Å²) < 4.78 is 0. The largest absolute Gasteiger partial charge is 0.374 e. The average Bonchev–Trinajstić information content (AvgIpc) is 2.54.